The molecule has 4 aromatic rings. The molecule has 190 valence electrons. The van der Waals surface area contributed by atoms with E-state index in [0.717, 1.165) is 48.3 Å². The van der Waals surface area contributed by atoms with Gasteiger partial charge in [0.25, 0.3) is 0 Å². The van der Waals surface area contributed by atoms with Gasteiger partial charge in [0.15, 0.2) is 11.6 Å². The molecule has 0 aliphatic carbocycles. The summed E-state index contributed by atoms with van der Waals surface area (Å²) in [5.74, 6) is 0.560. The van der Waals surface area contributed by atoms with E-state index in [2.05, 4.69) is 11.0 Å². The highest BCUT2D eigenvalue weighted by Gasteiger charge is 2.41. The summed E-state index contributed by atoms with van der Waals surface area (Å²) in [4.78, 5) is 12.4. The lowest BCUT2D eigenvalue weighted by molar-refractivity contribution is 0.386. The molecule has 2 unspecified atom stereocenters. The number of nitrogens with zero attached hydrogens (tertiary/aromatic N) is 5. The number of piperidine rings is 1. The number of aromatic nitrogens is 3. The van der Waals surface area contributed by atoms with Crippen LogP contribution >= 0.6 is 12.4 Å². The molecule has 4 heterocycles. The monoisotopic (exact) mass is 518 g/mol. The number of imidazole rings is 1. The smallest absolute Gasteiger partial charge is 0.212 e. The second-order valence-electron chi connectivity index (χ2n) is 9.77. The van der Waals surface area contributed by atoms with E-state index in [4.69, 9.17) is 20.4 Å². The van der Waals surface area contributed by atoms with Crippen LogP contribution < -0.4 is 15.4 Å². The summed E-state index contributed by atoms with van der Waals surface area (Å²) >= 11 is 0. The lowest BCUT2D eigenvalue weighted by Gasteiger charge is -2.39. The highest BCUT2D eigenvalue weighted by atomic mass is 35.5. The molecule has 6 rings (SSSR count). The van der Waals surface area contributed by atoms with Gasteiger partial charge in [-0.2, -0.15) is 5.26 Å². The topological polar surface area (TPSA) is 92.5 Å². The van der Waals surface area contributed by atoms with Crippen molar-refractivity contribution in [3.63, 3.8) is 0 Å². The van der Waals surface area contributed by atoms with Gasteiger partial charge in [0, 0.05) is 36.1 Å². The molecular weight excluding hydrogens is 491 g/mol. The maximum absolute atomic E-state index is 14.8. The Balaban J connectivity index is 0.00000280. The van der Waals surface area contributed by atoms with Crippen molar-refractivity contribution in [2.24, 2.45) is 5.73 Å². The third kappa shape index (κ3) is 4.08. The first kappa shape index (κ1) is 25.0. The van der Waals surface area contributed by atoms with Crippen molar-refractivity contribution in [2.45, 2.75) is 50.7 Å². The zero-order valence-corrected chi connectivity index (χ0v) is 21.5. The average Bonchev–Trinajstić information content (AvgIpc) is 3.46. The Morgan fingerprint density at radius 1 is 1.11 bits per heavy atom. The van der Waals surface area contributed by atoms with Crippen LogP contribution in [0.2, 0.25) is 0 Å². The Labute approximate surface area is 221 Å². The number of ether oxygens (including phenoxy) is 1. The number of fused-ring (bicyclic) bond motifs is 3. The van der Waals surface area contributed by atoms with Gasteiger partial charge in [-0.15, -0.1) is 12.4 Å². The quantitative estimate of drug-likeness (QED) is 0.395. The number of aryl methyl sites for hydroxylation is 1. The largest absolute Gasteiger partial charge is 0.494 e. The second kappa shape index (κ2) is 9.66. The predicted molar refractivity (Wildman–Crippen MR) is 144 cm³/mol. The van der Waals surface area contributed by atoms with Crippen LogP contribution in [-0.2, 0) is 0 Å². The number of hydrogen-bond acceptors (Lipinski definition) is 6. The minimum absolute atomic E-state index is 0. The van der Waals surface area contributed by atoms with E-state index in [-0.39, 0.29) is 24.2 Å². The fourth-order valence-electron chi connectivity index (χ4n) is 5.93. The van der Waals surface area contributed by atoms with E-state index < -0.39 is 5.82 Å². The predicted octanol–water partition coefficient (Wildman–Crippen LogP) is 5.27. The number of nitrogens with two attached hydrogens (primary N) is 1. The summed E-state index contributed by atoms with van der Waals surface area (Å²) in [6.07, 6.45) is 7.73. The first-order valence-corrected chi connectivity index (χ1v) is 12.2. The Morgan fingerprint density at radius 2 is 1.84 bits per heavy atom. The van der Waals surface area contributed by atoms with E-state index in [9.17, 15) is 9.65 Å². The molecule has 0 amide bonds. The van der Waals surface area contributed by atoms with Crippen molar-refractivity contribution in [2.75, 3.05) is 12.0 Å². The van der Waals surface area contributed by atoms with E-state index >= 15 is 0 Å². The Morgan fingerprint density at radius 3 is 2.49 bits per heavy atom. The normalized spacial score (nSPS) is 20.5. The number of anilines is 1. The molecule has 2 aliphatic rings. The van der Waals surface area contributed by atoms with Crippen molar-refractivity contribution in [1.82, 2.24) is 14.4 Å². The SMILES string of the molecule is COc1ccc(-c2c(-c3ccc(C#N)c(C)c3)nc(N3C4CCC3CC(N)C4)n3ccnc23)cc1F.Cl. The first-order chi connectivity index (χ1) is 17.5. The standard InChI is InChI=1S/C28H27FN6O.ClH/c1-16-11-18(3-4-19(16)15-30)26-25(17-5-8-24(36-2)23(29)12-17)27-32-9-10-34(27)28(33-26)35-21-6-7-22(35)14-20(31)13-21;/h3-5,8-12,20-22H,6-7,13-14,31H2,1-2H3;1H. The fraction of sp³-hybridized carbons (Fsp3) is 0.321. The molecule has 2 aromatic carbocycles. The Hall–Kier alpha value is -3.67. The number of nitriles is 1. The lowest BCUT2D eigenvalue weighted by Crippen LogP contribution is -2.48. The van der Waals surface area contributed by atoms with Gasteiger partial charge in [-0.3, -0.25) is 4.40 Å². The molecule has 7 nitrogen and oxygen atoms in total. The third-order valence-electron chi connectivity index (χ3n) is 7.59. The van der Waals surface area contributed by atoms with Crippen molar-refractivity contribution in [3.05, 3.63) is 65.7 Å². The van der Waals surface area contributed by atoms with Gasteiger partial charge >= 0.3 is 0 Å². The number of halogens is 2. The van der Waals surface area contributed by atoms with Gasteiger partial charge in [-0.05, 0) is 68.0 Å². The molecule has 2 fully saturated rings. The fourth-order valence-corrected chi connectivity index (χ4v) is 5.93. The highest BCUT2D eigenvalue weighted by molar-refractivity contribution is 5.91. The van der Waals surface area contributed by atoms with Crippen LogP contribution in [0.15, 0.2) is 48.8 Å². The summed E-state index contributed by atoms with van der Waals surface area (Å²) in [5.41, 5.74) is 11.5. The molecule has 2 atom stereocenters. The van der Waals surface area contributed by atoms with Gasteiger partial charge < -0.3 is 15.4 Å². The Bertz CT molecular complexity index is 1520. The molecule has 2 aliphatic heterocycles. The Kier molecular flexibility index (Phi) is 6.52. The maximum Gasteiger partial charge on any atom is 0.212 e. The van der Waals surface area contributed by atoms with Crippen LogP contribution in [-0.4, -0.2) is 39.6 Å². The molecule has 0 saturated carbocycles. The third-order valence-corrected chi connectivity index (χ3v) is 7.59. The number of hydrogen-bond donors (Lipinski definition) is 1. The summed E-state index contributed by atoms with van der Waals surface area (Å²) in [5, 5.41) is 9.46. The molecule has 0 radical (unpaired) electrons. The second-order valence-corrected chi connectivity index (χ2v) is 9.77. The van der Waals surface area contributed by atoms with E-state index in [0.29, 0.717) is 34.6 Å². The van der Waals surface area contributed by atoms with Crippen molar-refractivity contribution < 1.29 is 9.13 Å². The lowest BCUT2D eigenvalue weighted by atomic mass is 9.96. The molecule has 2 aromatic heterocycles. The van der Waals surface area contributed by atoms with Gasteiger partial charge in [-0.1, -0.05) is 12.1 Å². The maximum atomic E-state index is 14.8. The van der Waals surface area contributed by atoms with Gasteiger partial charge in [0.2, 0.25) is 5.95 Å². The molecule has 37 heavy (non-hydrogen) atoms. The minimum Gasteiger partial charge on any atom is -0.494 e. The minimum atomic E-state index is -0.450. The van der Waals surface area contributed by atoms with E-state index in [1.165, 1.54) is 13.2 Å². The summed E-state index contributed by atoms with van der Waals surface area (Å²) in [6.45, 7) is 1.91. The van der Waals surface area contributed by atoms with Gasteiger partial charge in [0.05, 0.1) is 30.0 Å². The van der Waals surface area contributed by atoms with Crippen LogP contribution in [0.4, 0.5) is 10.3 Å². The zero-order valence-electron chi connectivity index (χ0n) is 20.7. The number of benzene rings is 2. The van der Waals surface area contributed by atoms with Crippen LogP contribution in [0.5, 0.6) is 5.75 Å². The molecule has 9 heteroatoms. The summed E-state index contributed by atoms with van der Waals surface area (Å²) in [7, 11) is 1.45. The van der Waals surface area contributed by atoms with Crippen LogP contribution in [0.3, 0.4) is 0 Å². The summed E-state index contributed by atoms with van der Waals surface area (Å²) < 4.78 is 22.0. The average molecular weight is 519 g/mol. The molecule has 0 spiro atoms. The molecule has 2 saturated heterocycles. The van der Waals surface area contributed by atoms with E-state index in [1.807, 2.05) is 41.8 Å². The van der Waals surface area contributed by atoms with Crippen LogP contribution in [0.25, 0.3) is 28.0 Å². The van der Waals surface area contributed by atoms with Crippen molar-refractivity contribution in [1.29, 1.82) is 5.26 Å². The molecular formula is C28H28ClFN6O. The van der Waals surface area contributed by atoms with Crippen LogP contribution in [0, 0.1) is 24.1 Å². The van der Waals surface area contributed by atoms with Crippen molar-refractivity contribution in [3.8, 4) is 34.2 Å². The summed E-state index contributed by atoms with van der Waals surface area (Å²) in [6, 6.07) is 13.7. The number of rotatable bonds is 4. The van der Waals surface area contributed by atoms with Gasteiger partial charge in [-0.25, -0.2) is 14.4 Å². The van der Waals surface area contributed by atoms with Crippen molar-refractivity contribution >= 4 is 24.0 Å². The molecule has 2 N–H and O–H groups in total. The molecule has 2 bridgehead atoms. The van der Waals surface area contributed by atoms with Gasteiger partial charge in [0.1, 0.15) is 5.65 Å². The van der Waals surface area contributed by atoms with E-state index in [1.54, 1.807) is 12.3 Å². The van der Waals surface area contributed by atoms with Crippen LogP contribution in [0.1, 0.15) is 36.8 Å². The first-order valence-electron chi connectivity index (χ1n) is 12.2. The number of methoxy groups -OCH3 is 1. The highest BCUT2D eigenvalue weighted by Crippen LogP contribution is 2.42. The zero-order chi connectivity index (χ0) is 25.0.